The van der Waals surface area contributed by atoms with Crippen molar-refractivity contribution >= 4 is 11.9 Å². The zero-order valence-electron chi connectivity index (χ0n) is 55.3. The van der Waals surface area contributed by atoms with Crippen molar-refractivity contribution in [2.45, 2.75) is 416 Å². The van der Waals surface area contributed by atoms with E-state index in [0.717, 1.165) is 70.6 Å². The maximum absolute atomic E-state index is 13.5. The maximum atomic E-state index is 13.5. The third-order valence-corrected chi connectivity index (χ3v) is 17.6. The summed E-state index contributed by atoms with van der Waals surface area (Å²) in [4.78, 5) is 26.7. The summed E-state index contributed by atoms with van der Waals surface area (Å²) >= 11 is 0. The summed E-state index contributed by atoms with van der Waals surface area (Å²) in [5.74, 6) is -1.18. The molecule has 1 rings (SSSR count). The van der Waals surface area contributed by atoms with Crippen LogP contribution in [-0.2, 0) is 23.8 Å². The van der Waals surface area contributed by atoms with Crippen LogP contribution in [0.2, 0.25) is 0 Å². The van der Waals surface area contributed by atoms with Crippen LogP contribution in [0.25, 0.3) is 0 Å². The fraction of sp³-hybridized carbons (Fsp3) is 0.918. The molecule has 84 heavy (non-hydrogen) atoms. The molecule has 496 valence electrons. The molecule has 0 aromatic carbocycles. The molecule has 1 saturated heterocycles. The number of unbranched alkanes of at least 4 members (excludes halogenated alkanes) is 48. The lowest BCUT2D eigenvalue weighted by Gasteiger charge is -2.41. The molecule has 0 radical (unpaired) electrons. The van der Waals surface area contributed by atoms with Crippen LogP contribution in [0, 0.1) is 0 Å². The standard InChI is InChI=1S/C73H139NO10/c1-4-7-10-13-16-19-22-25-27-29-30-31-32-33-34-35-36-37-38-39-41-43-46-49-52-55-58-61-68(78)84-71-70(80)69(79)67(62-75)83-73(71)82-63-64(65(76)59-56-53-50-47-44-24-21-18-15-12-9-6-3)74-72(81)66(77)60-57-54-51-48-45-42-40-28-26-23-20-17-14-11-8-5-2/h26,28,56,59,64-67,69-71,73,75-77,79-80H,4-25,27,29-55,57-58,60-63H2,1-3H3,(H,74,81)/b28-26+,59-56+. The Morgan fingerprint density at radius 2 is 0.786 bits per heavy atom. The number of carbonyl (C=O) groups is 2. The highest BCUT2D eigenvalue weighted by Crippen LogP contribution is 2.27. The first-order chi connectivity index (χ1) is 41.2. The van der Waals surface area contributed by atoms with Crippen LogP contribution in [0.4, 0.5) is 0 Å². The quantitative estimate of drug-likeness (QED) is 0.0195. The van der Waals surface area contributed by atoms with Crippen molar-refractivity contribution in [3.05, 3.63) is 24.3 Å². The summed E-state index contributed by atoms with van der Waals surface area (Å²) in [6, 6.07) is -1.02. The van der Waals surface area contributed by atoms with Crippen LogP contribution in [0.15, 0.2) is 24.3 Å². The number of ether oxygens (including phenoxy) is 3. The van der Waals surface area contributed by atoms with Gasteiger partial charge in [-0.25, -0.2) is 0 Å². The number of hydrogen-bond donors (Lipinski definition) is 6. The normalized spacial score (nSPS) is 18.5. The molecule has 6 N–H and O–H groups in total. The van der Waals surface area contributed by atoms with Crippen molar-refractivity contribution in [2.75, 3.05) is 13.2 Å². The number of hydrogen-bond acceptors (Lipinski definition) is 10. The number of carbonyl (C=O) groups excluding carboxylic acids is 2. The molecule has 0 saturated carbocycles. The third kappa shape index (κ3) is 48.1. The van der Waals surface area contributed by atoms with E-state index in [4.69, 9.17) is 14.2 Å². The van der Waals surface area contributed by atoms with E-state index in [2.05, 4.69) is 38.2 Å². The number of nitrogens with one attached hydrogen (secondary N) is 1. The summed E-state index contributed by atoms with van der Waals surface area (Å²) in [7, 11) is 0. The first-order valence-corrected chi connectivity index (χ1v) is 36.6. The Kier molecular flexibility index (Phi) is 58.6. The highest BCUT2D eigenvalue weighted by Gasteiger charge is 2.47. The van der Waals surface area contributed by atoms with Crippen LogP contribution in [0.5, 0.6) is 0 Å². The van der Waals surface area contributed by atoms with Gasteiger partial charge in [0.1, 0.15) is 24.4 Å². The number of aliphatic hydroxyl groups is 5. The van der Waals surface area contributed by atoms with Crippen molar-refractivity contribution < 1.29 is 49.3 Å². The van der Waals surface area contributed by atoms with E-state index in [9.17, 15) is 35.1 Å². The van der Waals surface area contributed by atoms with Gasteiger partial charge in [-0.2, -0.15) is 0 Å². The average Bonchev–Trinajstić information content (AvgIpc) is 3.54. The molecule has 0 aromatic rings. The predicted octanol–water partition coefficient (Wildman–Crippen LogP) is 18.8. The number of aliphatic hydroxyl groups excluding tert-OH is 5. The molecule has 1 fully saturated rings. The molecule has 0 spiro atoms. The van der Waals surface area contributed by atoms with Crippen molar-refractivity contribution in [1.29, 1.82) is 0 Å². The van der Waals surface area contributed by atoms with E-state index in [1.54, 1.807) is 6.08 Å². The first-order valence-electron chi connectivity index (χ1n) is 36.6. The minimum atomic E-state index is -1.61. The molecule has 11 heteroatoms. The Morgan fingerprint density at radius 3 is 1.15 bits per heavy atom. The van der Waals surface area contributed by atoms with Gasteiger partial charge in [0.15, 0.2) is 12.4 Å². The van der Waals surface area contributed by atoms with Gasteiger partial charge in [0.05, 0.1) is 25.4 Å². The molecule has 1 amide bonds. The molecule has 0 aliphatic carbocycles. The zero-order chi connectivity index (χ0) is 61.0. The second-order valence-corrected chi connectivity index (χ2v) is 25.7. The van der Waals surface area contributed by atoms with Gasteiger partial charge in [-0.3, -0.25) is 9.59 Å². The SMILES string of the molecule is CCCCCCCC/C=C/CCCCCCCCC(O)C(=O)NC(COC1OC(CO)C(O)C(O)C1OC(=O)CCCCCCCCCCCCCCCCCCCCCCCCCCCCC)C(O)/C=C/CCCCCCCCCCCC. The zero-order valence-corrected chi connectivity index (χ0v) is 55.3. The predicted molar refractivity (Wildman–Crippen MR) is 352 cm³/mol. The molecule has 1 heterocycles. The molecule has 8 atom stereocenters. The molecule has 1 aliphatic heterocycles. The molecule has 1 aliphatic rings. The van der Waals surface area contributed by atoms with Crippen molar-refractivity contribution in [3.8, 4) is 0 Å². The van der Waals surface area contributed by atoms with Gasteiger partial charge in [-0.1, -0.05) is 334 Å². The number of rotatable bonds is 64. The largest absolute Gasteiger partial charge is 0.454 e. The lowest BCUT2D eigenvalue weighted by Crippen LogP contribution is -2.61. The Bertz CT molecular complexity index is 1460. The van der Waals surface area contributed by atoms with Crippen LogP contribution in [0.1, 0.15) is 367 Å². The Labute approximate surface area is 518 Å². The van der Waals surface area contributed by atoms with Gasteiger partial charge < -0.3 is 45.1 Å². The van der Waals surface area contributed by atoms with Gasteiger partial charge in [0.25, 0.3) is 0 Å². The monoisotopic (exact) mass is 1190 g/mol. The van der Waals surface area contributed by atoms with Crippen LogP contribution in [0.3, 0.4) is 0 Å². The number of esters is 1. The summed E-state index contributed by atoms with van der Waals surface area (Å²) in [5, 5.41) is 57.2. The Hall–Kier alpha value is -1.86. The van der Waals surface area contributed by atoms with E-state index in [1.165, 1.54) is 250 Å². The first kappa shape index (κ1) is 80.2. The van der Waals surface area contributed by atoms with Crippen LogP contribution >= 0.6 is 0 Å². The molecule has 0 bridgehead atoms. The maximum Gasteiger partial charge on any atom is 0.306 e. The fourth-order valence-electron chi connectivity index (χ4n) is 11.8. The van der Waals surface area contributed by atoms with Crippen molar-refractivity contribution in [2.24, 2.45) is 0 Å². The molecule has 11 nitrogen and oxygen atoms in total. The third-order valence-electron chi connectivity index (χ3n) is 17.6. The van der Waals surface area contributed by atoms with Crippen LogP contribution < -0.4 is 5.32 Å². The van der Waals surface area contributed by atoms with E-state index in [1.807, 2.05) is 6.08 Å². The number of amides is 1. The number of allylic oxidation sites excluding steroid dienone is 3. The van der Waals surface area contributed by atoms with E-state index in [0.29, 0.717) is 12.8 Å². The molecule has 8 unspecified atom stereocenters. The van der Waals surface area contributed by atoms with Gasteiger partial charge in [-0.15, -0.1) is 0 Å². The molecular weight excluding hydrogens is 1050 g/mol. The van der Waals surface area contributed by atoms with Crippen molar-refractivity contribution in [1.82, 2.24) is 5.32 Å². The molecule has 0 aromatic heterocycles. The lowest BCUT2D eigenvalue weighted by atomic mass is 9.99. The average molecular weight is 1190 g/mol. The fourth-order valence-corrected chi connectivity index (χ4v) is 11.8. The summed E-state index contributed by atoms with van der Waals surface area (Å²) in [5.41, 5.74) is 0. The van der Waals surface area contributed by atoms with Crippen molar-refractivity contribution in [3.63, 3.8) is 0 Å². The Balaban J connectivity index is 2.51. The second-order valence-electron chi connectivity index (χ2n) is 25.7. The minimum Gasteiger partial charge on any atom is -0.454 e. The van der Waals surface area contributed by atoms with Gasteiger partial charge in [0.2, 0.25) is 5.91 Å². The molecular formula is C73H139NO10. The van der Waals surface area contributed by atoms with Gasteiger partial charge in [0, 0.05) is 6.42 Å². The van der Waals surface area contributed by atoms with Gasteiger partial charge >= 0.3 is 5.97 Å². The topological polar surface area (TPSA) is 175 Å². The van der Waals surface area contributed by atoms with Crippen LogP contribution in [-0.4, -0.2) is 99.6 Å². The highest BCUT2D eigenvalue weighted by atomic mass is 16.7. The highest BCUT2D eigenvalue weighted by molar-refractivity contribution is 5.80. The Morgan fingerprint density at radius 1 is 0.452 bits per heavy atom. The van der Waals surface area contributed by atoms with E-state index >= 15 is 0 Å². The van der Waals surface area contributed by atoms with Gasteiger partial charge in [-0.05, 0) is 51.4 Å². The minimum absolute atomic E-state index is 0.130. The summed E-state index contributed by atoms with van der Waals surface area (Å²) in [6.07, 6.45) is 63.8. The summed E-state index contributed by atoms with van der Waals surface area (Å²) in [6.45, 7) is 5.84. The smallest absolute Gasteiger partial charge is 0.306 e. The van der Waals surface area contributed by atoms with E-state index < -0.39 is 67.4 Å². The van der Waals surface area contributed by atoms with E-state index in [-0.39, 0.29) is 19.4 Å². The lowest BCUT2D eigenvalue weighted by molar-refractivity contribution is -0.305. The second kappa shape index (κ2) is 61.4. The summed E-state index contributed by atoms with van der Waals surface area (Å²) < 4.78 is 17.7.